The van der Waals surface area contributed by atoms with E-state index in [1.165, 1.54) is 16.8 Å². The number of nitrogens with zero attached hydrogens (tertiary/aromatic N) is 3. The highest BCUT2D eigenvalue weighted by atomic mass is 32.2. The zero-order valence-corrected chi connectivity index (χ0v) is 18.1. The van der Waals surface area contributed by atoms with Crippen LogP contribution in [-0.4, -0.2) is 34.6 Å². The number of benzene rings is 1. The molecule has 2 rings (SSSR count). The highest BCUT2D eigenvalue weighted by molar-refractivity contribution is 7.79. The van der Waals surface area contributed by atoms with Crippen molar-refractivity contribution >= 4 is 22.6 Å². The summed E-state index contributed by atoms with van der Waals surface area (Å²) in [6, 6.07) is 3.67. The van der Waals surface area contributed by atoms with Crippen LogP contribution in [0.15, 0.2) is 32.9 Å². The Labute approximate surface area is 177 Å². The Bertz CT molecular complexity index is 1020. The Morgan fingerprint density at radius 3 is 2.63 bits per heavy atom. The van der Waals surface area contributed by atoms with Gasteiger partial charge in [-0.2, -0.15) is 5.10 Å². The Balaban J connectivity index is 2.63. The van der Waals surface area contributed by atoms with Gasteiger partial charge in [0.05, 0.1) is 10.6 Å². The zero-order chi connectivity index (χ0) is 22.4. The summed E-state index contributed by atoms with van der Waals surface area (Å²) in [7, 11) is 0. The molecule has 0 saturated carbocycles. The fourth-order valence-corrected chi connectivity index (χ4v) is 3.33. The minimum absolute atomic E-state index is 0.00517. The number of aromatic nitrogens is 2. The van der Waals surface area contributed by atoms with Gasteiger partial charge in [0.25, 0.3) is 5.56 Å². The molecule has 5 N–H and O–H groups in total. The van der Waals surface area contributed by atoms with Crippen molar-refractivity contribution in [3.05, 3.63) is 39.8 Å². The average molecular weight is 437 g/mol. The van der Waals surface area contributed by atoms with Gasteiger partial charge in [0.1, 0.15) is 22.8 Å². The van der Waals surface area contributed by atoms with Crippen molar-refractivity contribution in [2.45, 2.75) is 57.9 Å². The molecule has 0 radical (unpaired) electrons. The normalized spacial score (nSPS) is 13.0. The number of nitrogens with two attached hydrogens (primary N) is 1. The molecule has 0 fully saturated rings. The summed E-state index contributed by atoms with van der Waals surface area (Å²) in [6.45, 7) is 6.45. The molecule has 1 heterocycles. The molecule has 164 valence electrons. The van der Waals surface area contributed by atoms with Gasteiger partial charge in [-0.1, -0.05) is 27.2 Å². The third kappa shape index (κ3) is 5.67. The number of aliphatic imine (C=N–C) groups is 1. The number of hydrogen-bond acceptors (Lipinski definition) is 6. The fraction of sp³-hybridized carbons (Fsp3) is 0.450. The number of hydrogen-bond donors (Lipinski definition) is 4. The van der Waals surface area contributed by atoms with E-state index >= 15 is 0 Å². The first-order chi connectivity index (χ1) is 14.1. The van der Waals surface area contributed by atoms with Gasteiger partial charge >= 0.3 is 0 Å². The molecule has 9 nitrogen and oxygen atoms in total. The second kappa shape index (κ2) is 10.4. The first-order valence-electron chi connectivity index (χ1n) is 9.77. The van der Waals surface area contributed by atoms with Crippen LogP contribution in [0.5, 0.6) is 11.5 Å². The van der Waals surface area contributed by atoms with Crippen molar-refractivity contribution in [2.75, 3.05) is 0 Å². The third-order valence-electron chi connectivity index (χ3n) is 4.51. The molecule has 1 atom stereocenters. The predicted molar refractivity (Wildman–Crippen MR) is 116 cm³/mol. The van der Waals surface area contributed by atoms with Gasteiger partial charge in [0.2, 0.25) is 0 Å². The van der Waals surface area contributed by atoms with E-state index in [2.05, 4.69) is 10.1 Å². The first kappa shape index (κ1) is 23.6. The summed E-state index contributed by atoms with van der Waals surface area (Å²) < 4.78 is 22.3. The van der Waals surface area contributed by atoms with E-state index in [9.17, 15) is 23.8 Å². The van der Waals surface area contributed by atoms with Crippen LogP contribution in [0.1, 0.15) is 51.3 Å². The second-order valence-corrected chi connectivity index (χ2v) is 8.32. The molecule has 0 spiro atoms. The quantitative estimate of drug-likeness (QED) is 0.268. The number of unbranched alkanes of at least 4 members (excludes halogenated alkanes) is 1. The molecule has 0 aliphatic carbocycles. The number of phenolic OH excluding ortho intramolecular Hbond substituents is 1. The highest BCUT2D eigenvalue weighted by Crippen LogP contribution is 2.28. The summed E-state index contributed by atoms with van der Waals surface area (Å²) >= 11 is -2.44. The molecule has 2 aromatic rings. The first-order valence-corrected chi connectivity index (χ1v) is 10.9. The lowest BCUT2D eigenvalue weighted by Gasteiger charge is -2.14. The average Bonchev–Trinajstić information content (AvgIpc) is 2.67. The summed E-state index contributed by atoms with van der Waals surface area (Å²) in [5, 5.41) is 24.6. The van der Waals surface area contributed by atoms with Gasteiger partial charge in [-0.15, -0.1) is 0 Å². The molecule has 0 aliphatic heterocycles. The van der Waals surface area contributed by atoms with Crippen LogP contribution >= 0.6 is 0 Å². The number of aromatic hydroxyl groups is 2. The minimum Gasteiger partial charge on any atom is -0.508 e. The van der Waals surface area contributed by atoms with E-state index in [-0.39, 0.29) is 33.5 Å². The highest BCUT2D eigenvalue weighted by Gasteiger charge is 2.21. The summed E-state index contributed by atoms with van der Waals surface area (Å²) in [4.78, 5) is 16.9. The molecular formula is C20H28N4O5S. The summed E-state index contributed by atoms with van der Waals surface area (Å²) in [6.07, 6.45) is 2.80. The molecule has 1 aromatic carbocycles. The largest absolute Gasteiger partial charge is 0.508 e. The van der Waals surface area contributed by atoms with Crippen LogP contribution in [-0.2, 0) is 24.0 Å². The van der Waals surface area contributed by atoms with Crippen molar-refractivity contribution in [1.29, 1.82) is 0 Å². The molecule has 0 saturated heterocycles. The van der Waals surface area contributed by atoms with Crippen LogP contribution in [0.3, 0.4) is 0 Å². The Hall–Kier alpha value is -2.72. The summed E-state index contributed by atoms with van der Waals surface area (Å²) in [5.41, 5.74) is 5.65. The summed E-state index contributed by atoms with van der Waals surface area (Å²) in [5.74, 6) is -0.473. The maximum atomic E-state index is 12.9. The fourth-order valence-electron chi connectivity index (χ4n) is 2.82. The maximum absolute atomic E-state index is 12.9. The standard InChI is InChI=1S/C20H28N4O5S/c1-4-5-10-24-20(27)17(18(26)15(23-24)8-6-12(2)3)19(21)22-14-9-7-13(25)11-16(14)30(28)29/h7,9,11-12,25-26H,4-6,8,10H2,1-3H3,(H2,21,22)(H,28,29). The lowest BCUT2D eigenvalue weighted by molar-refractivity contribution is 0.435. The van der Waals surface area contributed by atoms with E-state index in [1.807, 2.05) is 20.8 Å². The predicted octanol–water partition coefficient (Wildman–Crippen LogP) is 2.66. The Morgan fingerprint density at radius 2 is 2.03 bits per heavy atom. The molecule has 0 amide bonds. The SMILES string of the molecule is CCCCn1nc(CCC(C)C)c(O)c(C(N)=Nc2ccc(O)cc2S(=O)O)c1=O. The van der Waals surface area contributed by atoms with Crippen LogP contribution in [0.25, 0.3) is 0 Å². The van der Waals surface area contributed by atoms with E-state index in [0.29, 0.717) is 24.6 Å². The van der Waals surface area contributed by atoms with Gasteiger partial charge < -0.3 is 20.5 Å². The number of aryl methyl sites for hydroxylation is 2. The number of phenols is 1. The molecule has 0 bridgehead atoms. The monoisotopic (exact) mass is 436 g/mol. The van der Waals surface area contributed by atoms with E-state index in [4.69, 9.17) is 5.73 Å². The van der Waals surface area contributed by atoms with Crippen LogP contribution in [0.2, 0.25) is 0 Å². The minimum atomic E-state index is -2.44. The van der Waals surface area contributed by atoms with Crippen molar-refractivity contribution in [1.82, 2.24) is 9.78 Å². The van der Waals surface area contributed by atoms with Crippen LogP contribution in [0.4, 0.5) is 5.69 Å². The number of amidine groups is 1. The van der Waals surface area contributed by atoms with E-state index in [1.54, 1.807) is 0 Å². The maximum Gasteiger partial charge on any atom is 0.281 e. The van der Waals surface area contributed by atoms with Gasteiger partial charge in [0.15, 0.2) is 16.8 Å². The molecular weight excluding hydrogens is 408 g/mol. The third-order valence-corrected chi connectivity index (χ3v) is 5.21. The molecule has 1 aromatic heterocycles. The van der Waals surface area contributed by atoms with E-state index < -0.39 is 16.6 Å². The smallest absolute Gasteiger partial charge is 0.281 e. The zero-order valence-electron chi connectivity index (χ0n) is 17.3. The lowest BCUT2D eigenvalue weighted by Crippen LogP contribution is -2.33. The molecule has 1 unspecified atom stereocenters. The van der Waals surface area contributed by atoms with Crippen molar-refractivity contribution in [3.63, 3.8) is 0 Å². The van der Waals surface area contributed by atoms with Crippen molar-refractivity contribution < 1.29 is 19.0 Å². The topological polar surface area (TPSA) is 151 Å². The van der Waals surface area contributed by atoms with Gasteiger partial charge in [0, 0.05) is 12.6 Å². The second-order valence-electron chi connectivity index (χ2n) is 7.38. The number of rotatable bonds is 9. The van der Waals surface area contributed by atoms with Crippen molar-refractivity contribution in [2.24, 2.45) is 16.6 Å². The van der Waals surface area contributed by atoms with Crippen molar-refractivity contribution in [3.8, 4) is 11.5 Å². The molecule has 0 aliphatic rings. The lowest BCUT2D eigenvalue weighted by atomic mass is 10.0. The van der Waals surface area contributed by atoms with E-state index in [0.717, 1.165) is 25.3 Å². The van der Waals surface area contributed by atoms with Gasteiger partial charge in [-0.05, 0) is 37.3 Å². The molecule has 30 heavy (non-hydrogen) atoms. The van der Waals surface area contributed by atoms with Gasteiger partial charge in [-0.3, -0.25) is 4.79 Å². The molecule has 10 heteroatoms. The Morgan fingerprint density at radius 1 is 1.33 bits per heavy atom. The van der Waals surface area contributed by atoms with Crippen LogP contribution in [0, 0.1) is 5.92 Å². The van der Waals surface area contributed by atoms with Gasteiger partial charge in [-0.25, -0.2) is 13.9 Å². The van der Waals surface area contributed by atoms with Crippen LogP contribution < -0.4 is 11.3 Å². The Kier molecular flexibility index (Phi) is 8.13.